The summed E-state index contributed by atoms with van der Waals surface area (Å²) in [5.41, 5.74) is 0.00602. The molecule has 112 valence electrons. The van der Waals surface area contributed by atoms with E-state index in [2.05, 4.69) is 15.3 Å². The van der Waals surface area contributed by atoms with Gasteiger partial charge in [-0.3, -0.25) is 4.79 Å². The SMILES string of the molecule is CCCNC(C)(CC(C)Sc1nccc(C)n1)C(=O)O. The summed E-state index contributed by atoms with van der Waals surface area (Å²) >= 11 is 1.51. The van der Waals surface area contributed by atoms with E-state index in [1.807, 2.05) is 26.8 Å². The number of aromatic nitrogens is 2. The van der Waals surface area contributed by atoms with Crippen LogP contribution in [-0.2, 0) is 4.79 Å². The molecule has 1 aromatic rings. The molecule has 0 saturated carbocycles. The predicted molar refractivity (Wildman–Crippen MR) is 81.0 cm³/mol. The molecule has 0 aliphatic rings. The second-order valence-electron chi connectivity index (χ2n) is 5.18. The van der Waals surface area contributed by atoms with Gasteiger partial charge in [0.05, 0.1) is 0 Å². The number of hydrogen-bond donors (Lipinski definition) is 2. The summed E-state index contributed by atoms with van der Waals surface area (Å²) in [4.78, 5) is 20.0. The van der Waals surface area contributed by atoms with E-state index in [4.69, 9.17) is 0 Å². The molecule has 2 atom stereocenters. The summed E-state index contributed by atoms with van der Waals surface area (Å²) in [7, 11) is 0. The van der Waals surface area contributed by atoms with Crippen LogP contribution in [-0.4, -0.2) is 38.4 Å². The summed E-state index contributed by atoms with van der Waals surface area (Å²) in [6.45, 7) is 8.38. The van der Waals surface area contributed by atoms with Crippen molar-refractivity contribution < 1.29 is 9.90 Å². The summed E-state index contributed by atoms with van der Waals surface area (Å²) in [6.07, 6.45) is 3.15. The van der Waals surface area contributed by atoms with Crippen molar-refractivity contribution in [2.24, 2.45) is 0 Å². The molecule has 20 heavy (non-hydrogen) atoms. The van der Waals surface area contributed by atoms with Crippen LogP contribution < -0.4 is 5.32 Å². The van der Waals surface area contributed by atoms with Gasteiger partial charge in [0, 0.05) is 17.1 Å². The third-order valence-electron chi connectivity index (χ3n) is 3.01. The van der Waals surface area contributed by atoms with Gasteiger partial charge in [-0.15, -0.1) is 0 Å². The molecule has 0 fully saturated rings. The Morgan fingerprint density at radius 1 is 1.60 bits per heavy atom. The van der Waals surface area contributed by atoms with E-state index in [9.17, 15) is 9.90 Å². The number of thioether (sulfide) groups is 1. The third-order valence-corrected chi connectivity index (χ3v) is 3.99. The minimum absolute atomic E-state index is 0.113. The lowest BCUT2D eigenvalue weighted by molar-refractivity contribution is -0.144. The number of aryl methyl sites for hydroxylation is 1. The maximum atomic E-state index is 11.5. The van der Waals surface area contributed by atoms with E-state index in [1.165, 1.54) is 11.8 Å². The van der Waals surface area contributed by atoms with Gasteiger partial charge >= 0.3 is 5.97 Å². The number of nitrogens with one attached hydrogen (secondary N) is 1. The zero-order chi connectivity index (χ0) is 15.2. The fraction of sp³-hybridized carbons (Fsp3) is 0.643. The highest BCUT2D eigenvalue weighted by Crippen LogP contribution is 2.26. The van der Waals surface area contributed by atoms with Gasteiger partial charge in [0.1, 0.15) is 5.54 Å². The lowest BCUT2D eigenvalue weighted by Crippen LogP contribution is -2.51. The van der Waals surface area contributed by atoms with Crippen LogP contribution >= 0.6 is 11.8 Å². The minimum atomic E-state index is -0.910. The molecule has 2 N–H and O–H groups in total. The van der Waals surface area contributed by atoms with Crippen LogP contribution in [0, 0.1) is 6.92 Å². The fourth-order valence-corrected chi connectivity index (χ4v) is 3.01. The van der Waals surface area contributed by atoms with Crippen molar-refractivity contribution in [1.82, 2.24) is 15.3 Å². The van der Waals surface area contributed by atoms with E-state index in [0.717, 1.165) is 12.1 Å². The Bertz CT molecular complexity index is 456. The van der Waals surface area contributed by atoms with Crippen LogP contribution in [0.25, 0.3) is 0 Å². The van der Waals surface area contributed by atoms with Gasteiger partial charge in [0.25, 0.3) is 0 Å². The number of carbonyl (C=O) groups is 1. The lowest BCUT2D eigenvalue weighted by Gasteiger charge is -2.28. The van der Waals surface area contributed by atoms with Crippen LogP contribution in [0.5, 0.6) is 0 Å². The predicted octanol–water partition coefficient (Wildman–Crippen LogP) is 2.50. The molecule has 5 nitrogen and oxygen atoms in total. The highest BCUT2D eigenvalue weighted by atomic mass is 32.2. The molecule has 0 amide bonds. The van der Waals surface area contributed by atoms with E-state index in [-0.39, 0.29) is 5.25 Å². The zero-order valence-corrected chi connectivity index (χ0v) is 13.3. The van der Waals surface area contributed by atoms with Gasteiger partial charge in [-0.2, -0.15) is 0 Å². The molecule has 2 unspecified atom stereocenters. The van der Waals surface area contributed by atoms with Gasteiger partial charge in [-0.25, -0.2) is 9.97 Å². The van der Waals surface area contributed by atoms with Gasteiger partial charge in [-0.05, 0) is 39.3 Å². The summed E-state index contributed by atoms with van der Waals surface area (Å²) in [5.74, 6) is -0.816. The first kappa shape index (κ1) is 16.9. The molecular weight excluding hydrogens is 274 g/mol. The molecule has 1 rings (SSSR count). The highest BCUT2D eigenvalue weighted by Gasteiger charge is 2.34. The Kier molecular flexibility index (Phi) is 6.42. The van der Waals surface area contributed by atoms with Crippen molar-refractivity contribution in [1.29, 1.82) is 0 Å². The highest BCUT2D eigenvalue weighted by molar-refractivity contribution is 7.99. The van der Waals surface area contributed by atoms with E-state index in [0.29, 0.717) is 18.1 Å². The smallest absolute Gasteiger partial charge is 0.323 e. The Morgan fingerprint density at radius 2 is 2.30 bits per heavy atom. The van der Waals surface area contributed by atoms with Gasteiger partial charge in [0.2, 0.25) is 0 Å². The van der Waals surface area contributed by atoms with Crippen LogP contribution in [0.4, 0.5) is 0 Å². The molecule has 0 aliphatic carbocycles. The molecule has 1 heterocycles. The maximum Gasteiger partial charge on any atom is 0.323 e. The normalized spacial score (nSPS) is 15.6. The first-order valence-electron chi connectivity index (χ1n) is 6.82. The first-order chi connectivity index (χ1) is 9.37. The summed E-state index contributed by atoms with van der Waals surface area (Å²) in [6, 6.07) is 1.85. The summed E-state index contributed by atoms with van der Waals surface area (Å²) < 4.78 is 0. The van der Waals surface area contributed by atoms with Crippen molar-refractivity contribution in [3.8, 4) is 0 Å². The molecule has 6 heteroatoms. The molecular formula is C14H23N3O2S. The monoisotopic (exact) mass is 297 g/mol. The largest absolute Gasteiger partial charge is 0.480 e. The molecule has 0 bridgehead atoms. The van der Waals surface area contributed by atoms with Crippen molar-refractivity contribution in [3.63, 3.8) is 0 Å². The third kappa shape index (κ3) is 5.09. The molecule has 1 aromatic heterocycles. The average Bonchev–Trinajstić information content (AvgIpc) is 2.36. The van der Waals surface area contributed by atoms with E-state index >= 15 is 0 Å². The Balaban J connectivity index is 2.66. The Morgan fingerprint density at radius 3 is 2.85 bits per heavy atom. The average molecular weight is 297 g/mol. The Labute approximate surface area is 124 Å². The quantitative estimate of drug-likeness (QED) is 0.567. The second-order valence-corrected chi connectivity index (χ2v) is 6.58. The van der Waals surface area contributed by atoms with Crippen LogP contribution in [0.3, 0.4) is 0 Å². The van der Waals surface area contributed by atoms with Gasteiger partial charge in [0.15, 0.2) is 5.16 Å². The number of rotatable bonds is 8. The zero-order valence-electron chi connectivity index (χ0n) is 12.5. The van der Waals surface area contributed by atoms with Crippen molar-refractivity contribution in [2.75, 3.05) is 6.54 Å². The van der Waals surface area contributed by atoms with Gasteiger partial charge < -0.3 is 10.4 Å². The van der Waals surface area contributed by atoms with Crippen molar-refractivity contribution >= 4 is 17.7 Å². The molecule has 0 saturated heterocycles. The molecule has 0 radical (unpaired) electrons. The minimum Gasteiger partial charge on any atom is -0.480 e. The number of carboxylic acid groups (broad SMARTS) is 1. The molecule has 0 spiro atoms. The first-order valence-corrected chi connectivity index (χ1v) is 7.70. The standard InChI is InChI=1S/C14H23N3O2S/c1-5-7-16-14(4,12(18)19)9-11(3)20-13-15-8-6-10(2)17-13/h6,8,11,16H,5,7,9H2,1-4H3,(H,18,19). The van der Waals surface area contributed by atoms with E-state index < -0.39 is 11.5 Å². The van der Waals surface area contributed by atoms with Crippen molar-refractivity contribution in [3.05, 3.63) is 18.0 Å². The number of nitrogens with zero attached hydrogens (tertiary/aromatic N) is 2. The topological polar surface area (TPSA) is 75.1 Å². The van der Waals surface area contributed by atoms with Crippen LogP contribution in [0.2, 0.25) is 0 Å². The van der Waals surface area contributed by atoms with Gasteiger partial charge in [-0.1, -0.05) is 25.6 Å². The molecule has 0 aliphatic heterocycles. The summed E-state index contributed by atoms with van der Waals surface area (Å²) in [5, 5.41) is 13.3. The maximum absolute atomic E-state index is 11.5. The Hall–Kier alpha value is -1.14. The van der Waals surface area contributed by atoms with Crippen LogP contribution in [0.15, 0.2) is 17.4 Å². The second kappa shape index (κ2) is 7.59. The molecule has 0 aromatic carbocycles. The number of carboxylic acids is 1. The van der Waals surface area contributed by atoms with Crippen molar-refractivity contribution in [2.45, 2.75) is 56.5 Å². The van der Waals surface area contributed by atoms with Crippen LogP contribution in [0.1, 0.15) is 39.3 Å². The fourth-order valence-electron chi connectivity index (χ4n) is 1.92. The lowest BCUT2D eigenvalue weighted by atomic mass is 9.96. The number of aliphatic carboxylic acids is 1. The van der Waals surface area contributed by atoms with E-state index in [1.54, 1.807) is 13.1 Å². The number of hydrogen-bond acceptors (Lipinski definition) is 5.